The van der Waals surface area contributed by atoms with Crippen LogP contribution in [0.1, 0.15) is 49.9 Å². The van der Waals surface area contributed by atoms with Crippen LogP contribution in [0.5, 0.6) is 0 Å². The number of para-hydroxylation sites is 1. The van der Waals surface area contributed by atoms with E-state index in [1.54, 1.807) is 29.2 Å². The summed E-state index contributed by atoms with van der Waals surface area (Å²) in [7, 11) is 0. The highest BCUT2D eigenvalue weighted by Gasteiger charge is 2.20. The lowest BCUT2D eigenvalue weighted by Crippen LogP contribution is -2.41. The number of hydrogen-bond acceptors (Lipinski definition) is 4. The summed E-state index contributed by atoms with van der Waals surface area (Å²) in [5, 5.41) is 8.59. The number of anilines is 1. The summed E-state index contributed by atoms with van der Waals surface area (Å²) >= 11 is 0. The predicted octanol–water partition coefficient (Wildman–Crippen LogP) is 1.76. The second-order valence-corrected chi connectivity index (χ2v) is 6.81. The number of nitrogens with zero attached hydrogens (tertiary/aromatic N) is 1. The van der Waals surface area contributed by atoms with Crippen LogP contribution >= 0.6 is 0 Å². The normalized spacial score (nSPS) is 14.2. The zero-order valence-electron chi connectivity index (χ0n) is 16.2. The molecule has 0 unspecified atom stereocenters. The fourth-order valence-electron chi connectivity index (χ4n) is 3.25. The lowest BCUT2D eigenvalue weighted by Gasteiger charge is -2.20. The average Bonchev–Trinajstić information content (AvgIpc) is 3.14. The van der Waals surface area contributed by atoms with Crippen LogP contribution in [0.25, 0.3) is 0 Å². The van der Waals surface area contributed by atoms with E-state index in [1.165, 1.54) is 0 Å². The van der Waals surface area contributed by atoms with Crippen LogP contribution in [0.15, 0.2) is 24.3 Å². The van der Waals surface area contributed by atoms with Crippen molar-refractivity contribution in [2.75, 3.05) is 31.5 Å². The number of carbonyl (C=O) groups is 3. The predicted molar refractivity (Wildman–Crippen MR) is 106 cm³/mol. The van der Waals surface area contributed by atoms with Gasteiger partial charge >= 0.3 is 0 Å². The van der Waals surface area contributed by atoms with Gasteiger partial charge in [0.1, 0.15) is 0 Å². The third-order valence-corrected chi connectivity index (χ3v) is 4.69. The fraction of sp³-hybridized carbons (Fsp3) is 0.550. The molecule has 7 heteroatoms. The zero-order valence-corrected chi connectivity index (χ0v) is 16.2. The summed E-state index contributed by atoms with van der Waals surface area (Å²) < 4.78 is 0. The molecule has 0 radical (unpaired) electrons. The highest BCUT2D eigenvalue weighted by molar-refractivity contribution is 6.04. The molecule has 0 aliphatic heterocycles. The molecule has 3 amide bonds. The standard InChI is InChI=1S/C20H30N4O3/c1-3-21-18(25)13-24(4-2)14-19(26)23-17-12-8-7-11-16(17)20(27)22-15-9-5-6-10-15/h7-8,11-12,15H,3-6,9-10,13-14H2,1-2H3,(H,21,25)(H,22,27)(H,23,26). The van der Waals surface area contributed by atoms with Crippen LogP contribution in [0.4, 0.5) is 5.69 Å². The molecule has 2 rings (SSSR count). The van der Waals surface area contributed by atoms with Crippen molar-refractivity contribution in [2.24, 2.45) is 0 Å². The van der Waals surface area contributed by atoms with Crippen LogP contribution in [-0.4, -0.2) is 54.8 Å². The van der Waals surface area contributed by atoms with Gasteiger partial charge in [0.2, 0.25) is 11.8 Å². The van der Waals surface area contributed by atoms with Gasteiger partial charge in [-0.25, -0.2) is 0 Å². The minimum Gasteiger partial charge on any atom is -0.355 e. The molecule has 27 heavy (non-hydrogen) atoms. The molecule has 0 bridgehead atoms. The average molecular weight is 374 g/mol. The van der Waals surface area contributed by atoms with Gasteiger partial charge in [-0.15, -0.1) is 0 Å². The van der Waals surface area contributed by atoms with Gasteiger partial charge in [0.25, 0.3) is 5.91 Å². The van der Waals surface area contributed by atoms with Crippen LogP contribution in [0.2, 0.25) is 0 Å². The van der Waals surface area contributed by atoms with Gasteiger partial charge in [0.05, 0.1) is 24.3 Å². The van der Waals surface area contributed by atoms with Gasteiger partial charge in [-0.3, -0.25) is 19.3 Å². The Morgan fingerprint density at radius 3 is 2.37 bits per heavy atom. The monoisotopic (exact) mass is 374 g/mol. The number of nitrogens with one attached hydrogen (secondary N) is 3. The number of carbonyl (C=O) groups excluding carboxylic acids is 3. The minimum absolute atomic E-state index is 0.0895. The van der Waals surface area contributed by atoms with Crippen molar-refractivity contribution in [1.82, 2.24) is 15.5 Å². The van der Waals surface area contributed by atoms with Gasteiger partial charge in [-0.2, -0.15) is 0 Å². The van der Waals surface area contributed by atoms with Crippen LogP contribution in [0.3, 0.4) is 0 Å². The lowest BCUT2D eigenvalue weighted by atomic mass is 10.1. The molecular formula is C20H30N4O3. The number of rotatable bonds is 9. The first-order valence-electron chi connectivity index (χ1n) is 9.72. The zero-order chi connectivity index (χ0) is 19.6. The van der Waals surface area contributed by atoms with E-state index in [4.69, 9.17) is 0 Å². The third kappa shape index (κ3) is 6.67. The Bertz CT molecular complexity index is 656. The summed E-state index contributed by atoms with van der Waals surface area (Å²) in [4.78, 5) is 38.5. The summed E-state index contributed by atoms with van der Waals surface area (Å²) in [5.41, 5.74) is 0.955. The van der Waals surface area contributed by atoms with Crippen molar-refractivity contribution in [3.8, 4) is 0 Å². The Hall–Kier alpha value is -2.41. The van der Waals surface area contributed by atoms with Crippen molar-refractivity contribution in [2.45, 2.75) is 45.6 Å². The largest absolute Gasteiger partial charge is 0.355 e. The number of amides is 3. The highest BCUT2D eigenvalue weighted by Crippen LogP contribution is 2.20. The van der Waals surface area contributed by atoms with Crippen molar-refractivity contribution in [3.05, 3.63) is 29.8 Å². The first-order valence-corrected chi connectivity index (χ1v) is 9.72. The SMILES string of the molecule is CCNC(=O)CN(CC)CC(=O)Nc1ccccc1C(=O)NC1CCCC1. The van der Waals surface area contributed by atoms with E-state index in [9.17, 15) is 14.4 Å². The molecule has 148 valence electrons. The number of benzene rings is 1. The maximum absolute atomic E-state index is 12.6. The maximum Gasteiger partial charge on any atom is 0.253 e. The van der Waals surface area contributed by atoms with E-state index in [-0.39, 0.29) is 36.9 Å². The molecule has 0 spiro atoms. The van der Waals surface area contributed by atoms with Gasteiger partial charge in [0.15, 0.2) is 0 Å². The molecule has 7 nitrogen and oxygen atoms in total. The summed E-state index contributed by atoms with van der Waals surface area (Å²) in [6, 6.07) is 7.23. The smallest absolute Gasteiger partial charge is 0.253 e. The molecule has 1 saturated carbocycles. The molecule has 0 saturated heterocycles. The summed E-state index contributed by atoms with van der Waals surface area (Å²) in [5.74, 6) is -0.516. The molecule has 0 atom stereocenters. The Balaban J connectivity index is 1.96. The molecule has 1 aliphatic rings. The first-order chi connectivity index (χ1) is 13.0. The summed E-state index contributed by atoms with van der Waals surface area (Å²) in [6.45, 7) is 5.15. The van der Waals surface area contributed by atoms with Gasteiger partial charge < -0.3 is 16.0 Å². The molecular weight excluding hydrogens is 344 g/mol. The fourth-order valence-corrected chi connectivity index (χ4v) is 3.25. The second kappa shape index (κ2) is 10.7. The van der Waals surface area contributed by atoms with E-state index in [2.05, 4.69) is 16.0 Å². The molecule has 1 aromatic carbocycles. The van der Waals surface area contributed by atoms with E-state index < -0.39 is 0 Å². The highest BCUT2D eigenvalue weighted by atomic mass is 16.2. The molecule has 0 heterocycles. The van der Waals surface area contributed by atoms with E-state index in [0.29, 0.717) is 24.3 Å². The molecule has 1 aliphatic carbocycles. The first kappa shape index (κ1) is 20.9. The Morgan fingerprint density at radius 1 is 1.04 bits per heavy atom. The van der Waals surface area contributed by atoms with Crippen LogP contribution in [0, 0.1) is 0 Å². The molecule has 0 aromatic heterocycles. The second-order valence-electron chi connectivity index (χ2n) is 6.81. The van der Waals surface area contributed by atoms with E-state index in [0.717, 1.165) is 25.7 Å². The molecule has 1 fully saturated rings. The molecule has 1 aromatic rings. The summed E-state index contributed by atoms with van der Waals surface area (Å²) in [6.07, 6.45) is 4.29. The quantitative estimate of drug-likeness (QED) is 0.614. The third-order valence-electron chi connectivity index (χ3n) is 4.69. The maximum atomic E-state index is 12.6. The van der Waals surface area contributed by atoms with Crippen molar-refractivity contribution >= 4 is 23.4 Å². The van der Waals surface area contributed by atoms with Gasteiger partial charge in [-0.05, 0) is 38.4 Å². The van der Waals surface area contributed by atoms with E-state index in [1.807, 2.05) is 13.8 Å². The Kier molecular flexibility index (Phi) is 8.26. The Labute approximate surface area is 160 Å². The van der Waals surface area contributed by atoms with Crippen molar-refractivity contribution in [1.29, 1.82) is 0 Å². The number of likely N-dealkylation sites (N-methyl/N-ethyl adjacent to an activating group) is 2. The van der Waals surface area contributed by atoms with E-state index >= 15 is 0 Å². The Morgan fingerprint density at radius 2 is 1.70 bits per heavy atom. The number of hydrogen-bond donors (Lipinski definition) is 3. The topological polar surface area (TPSA) is 90.5 Å². The van der Waals surface area contributed by atoms with Gasteiger partial charge in [-0.1, -0.05) is 31.9 Å². The van der Waals surface area contributed by atoms with Crippen LogP contribution in [-0.2, 0) is 9.59 Å². The lowest BCUT2D eigenvalue weighted by molar-refractivity contribution is -0.123. The van der Waals surface area contributed by atoms with Crippen molar-refractivity contribution < 1.29 is 14.4 Å². The minimum atomic E-state index is -0.248. The van der Waals surface area contributed by atoms with Gasteiger partial charge in [0, 0.05) is 12.6 Å². The van der Waals surface area contributed by atoms with Crippen molar-refractivity contribution in [3.63, 3.8) is 0 Å². The van der Waals surface area contributed by atoms with Crippen LogP contribution < -0.4 is 16.0 Å². The molecule has 3 N–H and O–H groups in total.